The maximum atomic E-state index is 2.35. The summed E-state index contributed by atoms with van der Waals surface area (Å²) in [7, 11) is 2.18. The minimum atomic E-state index is 0.681. The number of rotatable bonds is 3. The summed E-state index contributed by atoms with van der Waals surface area (Å²) in [6.45, 7) is 8.90. The van der Waals surface area contributed by atoms with Gasteiger partial charge in [-0.3, -0.25) is 0 Å². The van der Waals surface area contributed by atoms with Gasteiger partial charge in [0.25, 0.3) is 0 Å². The molecule has 0 spiro atoms. The summed E-state index contributed by atoms with van der Waals surface area (Å²) in [5.41, 5.74) is 7.95. The van der Waals surface area contributed by atoms with Crippen LogP contribution < -0.4 is 4.57 Å². The predicted molar refractivity (Wildman–Crippen MR) is 98.6 cm³/mol. The lowest BCUT2D eigenvalue weighted by Crippen LogP contribution is -2.32. The summed E-state index contributed by atoms with van der Waals surface area (Å²) in [6.07, 6.45) is 1.13. The van der Waals surface area contributed by atoms with Gasteiger partial charge in [-0.05, 0) is 55.5 Å². The summed E-state index contributed by atoms with van der Waals surface area (Å²) < 4.78 is 2.33. The maximum Gasteiger partial charge on any atom is 0.213 e. The minimum Gasteiger partial charge on any atom is -0.194 e. The molecule has 1 nitrogen and oxygen atoms in total. The first-order chi connectivity index (χ1) is 11.0. The Bertz CT molecular complexity index is 859. The predicted octanol–water partition coefficient (Wildman–Crippen LogP) is 5.15. The normalized spacial score (nSPS) is 11.4. The highest BCUT2D eigenvalue weighted by molar-refractivity contribution is 5.78. The summed E-state index contributed by atoms with van der Waals surface area (Å²) in [6, 6.07) is 18.0. The highest BCUT2D eigenvalue weighted by Crippen LogP contribution is 2.24. The molecule has 1 heteroatoms. The lowest BCUT2D eigenvalue weighted by Gasteiger charge is -2.09. The minimum absolute atomic E-state index is 0.681. The van der Waals surface area contributed by atoms with Crippen LogP contribution in [0.15, 0.2) is 48.5 Å². The molecule has 0 atom stereocenters. The molecule has 0 aliphatic carbocycles. The second kappa shape index (κ2) is 6.16. The Labute approximate surface area is 139 Å². The standard InChI is InChI=1S/C22H26N/c1-15(2)12-18-8-9-19-10-11-21(23(5)22(19)14-18)20-13-16(3)6-7-17(20)4/h6-11,13-15H,12H2,1-5H3/q+1. The molecular weight excluding hydrogens is 278 g/mol. The first-order valence-electron chi connectivity index (χ1n) is 8.45. The van der Waals surface area contributed by atoms with Crippen LogP contribution in [0.25, 0.3) is 22.2 Å². The van der Waals surface area contributed by atoms with Crippen LogP contribution in [0.4, 0.5) is 0 Å². The molecule has 0 aliphatic rings. The number of hydrogen-bond acceptors (Lipinski definition) is 0. The fraction of sp³-hybridized carbons (Fsp3) is 0.318. The van der Waals surface area contributed by atoms with Crippen LogP contribution in [-0.2, 0) is 13.5 Å². The van der Waals surface area contributed by atoms with Crippen molar-refractivity contribution in [1.29, 1.82) is 0 Å². The van der Waals surface area contributed by atoms with Gasteiger partial charge in [0.2, 0.25) is 11.2 Å². The van der Waals surface area contributed by atoms with Crippen molar-refractivity contribution in [2.24, 2.45) is 13.0 Å². The maximum absolute atomic E-state index is 2.35. The number of nitrogens with zero attached hydrogens (tertiary/aromatic N) is 1. The van der Waals surface area contributed by atoms with E-state index >= 15 is 0 Å². The lowest BCUT2D eigenvalue weighted by molar-refractivity contribution is -0.633. The molecule has 1 heterocycles. The topological polar surface area (TPSA) is 3.88 Å². The van der Waals surface area contributed by atoms with E-state index < -0.39 is 0 Å². The van der Waals surface area contributed by atoms with Gasteiger partial charge in [-0.2, -0.15) is 4.57 Å². The van der Waals surface area contributed by atoms with Crippen LogP contribution in [0.2, 0.25) is 0 Å². The van der Waals surface area contributed by atoms with E-state index in [0.29, 0.717) is 5.92 Å². The fourth-order valence-corrected chi connectivity index (χ4v) is 3.31. The Balaban J connectivity index is 2.19. The van der Waals surface area contributed by atoms with Crippen molar-refractivity contribution in [1.82, 2.24) is 0 Å². The van der Waals surface area contributed by atoms with E-state index in [1.54, 1.807) is 0 Å². The molecule has 0 N–H and O–H groups in total. The molecular formula is C22H26N+. The molecule has 2 aromatic carbocycles. The van der Waals surface area contributed by atoms with E-state index in [2.05, 4.69) is 87.8 Å². The SMILES string of the molecule is Cc1ccc(C)c(-c2ccc3ccc(CC(C)C)cc3[n+]2C)c1. The number of aryl methyl sites for hydroxylation is 3. The second-order valence-electron chi connectivity index (χ2n) is 7.09. The number of aromatic nitrogens is 1. The smallest absolute Gasteiger partial charge is 0.194 e. The Morgan fingerprint density at radius 2 is 1.65 bits per heavy atom. The molecule has 0 aliphatic heterocycles. The molecule has 118 valence electrons. The zero-order valence-electron chi connectivity index (χ0n) is 14.9. The van der Waals surface area contributed by atoms with Crippen LogP contribution >= 0.6 is 0 Å². The third-order valence-corrected chi connectivity index (χ3v) is 4.55. The summed E-state index contributed by atoms with van der Waals surface area (Å²) in [4.78, 5) is 0. The Morgan fingerprint density at radius 1 is 0.913 bits per heavy atom. The van der Waals surface area contributed by atoms with Gasteiger partial charge in [0.05, 0.1) is 0 Å². The molecule has 0 saturated heterocycles. The van der Waals surface area contributed by atoms with Crippen molar-refractivity contribution < 1.29 is 4.57 Å². The Hall–Kier alpha value is -2.15. The van der Waals surface area contributed by atoms with Gasteiger partial charge >= 0.3 is 0 Å². The quantitative estimate of drug-likeness (QED) is 0.589. The van der Waals surface area contributed by atoms with Gasteiger partial charge in [-0.15, -0.1) is 0 Å². The fourth-order valence-electron chi connectivity index (χ4n) is 3.31. The van der Waals surface area contributed by atoms with Gasteiger partial charge in [0.15, 0.2) is 0 Å². The van der Waals surface area contributed by atoms with Crippen LogP contribution in [0.3, 0.4) is 0 Å². The summed E-state index contributed by atoms with van der Waals surface area (Å²) in [5.74, 6) is 0.681. The van der Waals surface area contributed by atoms with Crippen molar-refractivity contribution >= 4 is 10.9 Å². The van der Waals surface area contributed by atoms with E-state index in [4.69, 9.17) is 0 Å². The number of benzene rings is 2. The van der Waals surface area contributed by atoms with E-state index in [-0.39, 0.29) is 0 Å². The molecule has 0 unspecified atom stereocenters. The molecule has 3 aromatic rings. The monoisotopic (exact) mass is 304 g/mol. The van der Waals surface area contributed by atoms with E-state index in [9.17, 15) is 0 Å². The van der Waals surface area contributed by atoms with Crippen molar-refractivity contribution in [3.8, 4) is 11.3 Å². The summed E-state index contributed by atoms with van der Waals surface area (Å²) >= 11 is 0. The molecule has 0 amide bonds. The highest BCUT2D eigenvalue weighted by atomic mass is 14.9. The van der Waals surface area contributed by atoms with Gasteiger partial charge in [0.1, 0.15) is 7.05 Å². The number of fused-ring (bicyclic) bond motifs is 1. The largest absolute Gasteiger partial charge is 0.213 e. The van der Waals surface area contributed by atoms with Crippen LogP contribution in [0, 0.1) is 19.8 Å². The van der Waals surface area contributed by atoms with E-state index in [0.717, 1.165) is 6.42 Å². The zero-order chi connectivity index (χ0) is 16.6. The number of pyridine rings is 1. The summed E-state index contributed by atoms with van der Waals surface area (Å²) in [5, 5.41) is 1.30. The van der Waals surface area contributed by atoms with E-state index in [1.165, 1.54) is 38.9 Å². The second-order valence-corrected chi connectivity index (χ2v) is 7.09. The zero-order valence-corrected chi connectivity index (χ0v) is 14.9. The Morgan fingerprint density at radius 3 is 2.39 bits per heavy atom. The average molecular weight is 304 g/mol. The van der Waals surface area contributed by atoms with Gasteiger partial charge in [-0.25, -0.2) is 0 Å². The van der Waals surface area contributed by atoms with E-state index in [1.807, 2.05) is 0 Å². The third kappa shape index (κ3) is 3.14. The van der Waals surface area contributed by atoms with Crippen molar-refractivity contribution in [2.45, 2.75) is 34.1 Å². The highest BCUT2D eigenvalue weighted by Gasteiger charge is 2.16. The Kier molecular flexibility index (Phi) is 4.21. The van der Waals surface area contributed by atoms with Crippen molar-refractivity contribution in [3.05, 3.63) is 65.2 Å². The molecule has 23 heavy (non-hydrogen) atoms. The molecule has 0 bridgehead atoms. The van der Waals surface area contributed by atoms with Gasteiger partial charge in [-0.1, -0.05) is 37.6 Å². The van der Waals surface area contributed by atoms with Gasteiger partial charge in [0, 0.05) is 23.1 Å². The average Bonchev–Trinajstić information content (AvgIpc) is 2.50. The molecule has 3 rings (SSSR count). The van der Waals surface area contributed by atoms with Gasteiger partial charge < -0.3 is 0 Å². The molecule has 0 radical (unpaired) electrons. The van der Waals surface area contributed by atoms with Crippen LogP contribution in [0.5, 0.6) is 0 Å². The molecule has 0 fully saturated rings. The molecule has 1 aromatic heterocycles. The first-order valence-corrected chi connectivity index (χ1v) is 8.45. The first kappa shape index (κ1) is 15.7. The van der Waals surface area contributed by atoms with Crippen LogP contribution in [-0.4, -0.2) is 0 Å². The number of hydrogen-bond donors (Lipinski definition) is 0. The van der Waals surface area contributed by atoms with Crippen LogP contribution in [0.1, 0.15) is 30.5 Å². The van der Waals surface area contributed by atoms with Crippen molar-refractivity contribution in [3.63, 3.8) is 0 Å². The van der Waals surface area contributed by atoms with Crippen molar-refractivity contribution in [2.75, 3.05) is 0 Å². The molecule has 0 saturated carbocycles. The lowest BCUT2D eigenvalue weighted by atomic mass is 9.99. The third-order valence-electron chi connectivity index (χ3n) is 4.55.